The maximum absolute atomic E-state index is 12.0. The Bertz CT molecular complexity index is 711. The van der Waals surface area contributed by atoms with Gasteiger partial charge in [0.05, 0.1) is 33.5 Å². The first-order valence-corrected chi connectivity index (χ1v) is 11.4. The fourth-order valence-corrected chi connectivity index (χ4v) is 4.69. The van der Waals surface area contributed by atoms with Crippen molar-refractivity contribution in [1.29, 1.82) is 0 Å². The minimum Gasteiger partial charge on any atom is -0.493 e. The number of esters is 1. The van der Waals surface area contributed by atoms with Crippen LogP contribution in [0.25, 0.3) is 0 Å². The van der Waals surface area contributed by atoms with Gasteiger partial charge in [0.2, 0.25) is 0 Å². The number of benzene rings is 1. The van der Waals surface area contributed by atoms with E-state index in [4.69, 9.17) is 18.9 Å². The predicted octanol–water partition coefficient (Wildman–Crippen LogP) is 2.75. The Morgan fingerprint density at radius 1 is 1.10 bits per heavy atom. The lowest BCUT2D eigenvalue weighted by Crippen LogP contribution is -2.46. The number of ether oxygens (including phenoxy) is 4. The Hall–Kier alpha value is -1.83. The van der Waals surface area contributed by atoms with Crippen molar-refractivity contribution in [3.63, 3.8) is 0 Å². The van der Waals surface area contributed by atoms with Gasteiger partial charge in [0.25, 0.3) is 0 Å². The molecule has 1 aliphatic carbocycles. The zero-order valence-electron chi connectivity index (χ0n) is 19.5. The number of methoxy groups -OCH3 is 2. The number of hydrogen-bond donors (Lipinski definition) is 0. The van der Waals surface area contributed by atoms with Crippen LogP contribution in [0.5, 0.6) is 11.5 Å². The fraction of sp³-hybridized carbons (Fsp3) is 0.708. The van der Waals surface area contributed by atoms with E-state index in [0.717, 1.165) is 50.3 Å². The predicted molar refractivity (Wildman–Crippen MR) is 120 cm³/mol. The minimum absolute atomic E-state index is 0.00166. The molecular formula is C24H38N2O5. The van der Waals surface area contributed by atoms with Gasteiger partial charge >= 0.3 is 5.97 Å². The Morgan fingerprint density at radius 3 is 2.61 bits per heavy atom. The number of nitrogens with zero attached hydrogens (tertiary/aromatic N) is 2. The molecule has 0 bridgehead atoms. The lowest BCUT2D eigenvalue weighted by molar-refractivity contribution is -0.149. The third kappa shape index (κ3) is 6.82. The minimum atomic E-state index is -0.136. The summed E-state index contributed by atoms with van der Waals surface area (Å²) < 4.78 is 22.8. The maximum Gasteiger partial charge on any atom is 0.320 e. The second-order valence-electron chi connectivity index (χ2n) is 8.83. The van der Waals surface area contributed by atoms with Crippen molar-refractivity contribution in [2.24, 2.45) is 0 Å². The third-order valence-electron chi connectivity index (χ3n) is 6.23. The number of hydrogen-bond acceptors (Lipinski definition) is 7. The molecule has 2 unspecified atom stereocenters. The molecule has 0 amide bonds. The summed E-state index contributed by atoms with van der Waals surface area (Å²) >= 11 is 0. The molecule has 7 nitrogen and oxygen atoms in total. The summed E-state index contributed by atoms with van der Waals surface area (Å²) in [5.74, 6) is 1.36. The van der Waals surface area contributed by atoms with Crippen LogP contribution < -0.4 is 9.47 Å². The molecule has 7 heteroatoms. The molecule has 1 saturated carbocycles. The molecule has 0 aromatic heterocycles. The van der Waals surface area contributed by atoms with E-state index in [1.807, 2.05) is 31.1 Å². The van der Waals surface area contributed by atoms with Gasteiger partial charge in [-0.05, 0) is 57.5 Å². The van der Waals surface area contributed by atoms with E-state index in [9.17, 15) is 4.79 Å². The van der Waals surface area contributed by atoms with E-state index < -0.39 is 0 Å². The average molecular weight is 435 g/mol. The SMILES string of the molecule is COc1ccc(CCO[C@H]2CCCCC2N2CCC(OC(=O)CN(C)C)C2)cc1OC. The van der Waals surface area contributed by atoms with Crippen LogP contribution in [-0.4, -0.2) is 88.6 Å². The highest BCUT2D eigenvalue weighted by Crippen LogP contribution is 2.30. The first-order valence-electron chi connectivity index (χ1n) is 11.4. The number of carbonyl (C=O) groups excluding carboxylic acids is 1. The lowest BCUT2D eigenvalue weighted by atomic mass is 9.91. The van der Waals surface area contributed by atoms with Crippen molar-refractivity contribution >= 4 is 5.97 Å². The molecule has 0 N–H and O–H groups in total. The molecular weight excluding hydrogens is 396 g/mol. The highest BCUT2D eigenvalue weighted by atomic mass is 16.5. The van der Waals surface area contributed by atoms with E-state index >= 15 is 0 Å². The molecule has 31 heavy (non-hydrogen) atoms. The summed E-state index contributed by atoms with van der Waals surface area (Å²) in [6, 6.07) is 6.44. The fourth-order valence-electron chi connectivity index (χ4n) is 4.69. The van der Waals surface area contributed by atoms with Gasteiger partial charge in [0.1, 0.15) is 6.10 Å². The van der Waals surface area contributed by atoms with Gasteiger partial charge in [-0.2, -0.15) is 0 Å². The normalized spacial score (nSPS) is 24.4. The molecule has 1 aliphatic heterocycles. The molecule has 1 heterocycles. The molecule has 3 atom stereocenters. The topological polar surface area (TPSA) is 60.5 Å². The molecule has 3 rings (SSSR count). The summed E-state index contributed by atoms with van der Waals surface area (Å²) in [6.07, 6.45) is 6.70. The summed E-state index contributed by atoms with van der Waals surface area (Å²) in [7, 11) is 7.07. The first-order chi connectivity index (χ1) is 15.0. The van der Waals surface area contributed by atoms with E-state index in [0.29, 0.717) is 19.2 Å². The van der Waals surface area contributed by atoms with E-state index in [2.05, 4.69) is 11.0 Å². The van der Waals surface area contributed by atoms with Crippen LogP contribution in [0, 0.1) is 0 Å². The molecule has 0 radical (unpaired) electrons. The third-order valence-corrected chi connectivity index (χ3v) is 6.23. The number of likely N-dealkylation sites (tertiary alicyclic amines) is 1. The first kappa shape index (κ1) is 23.8. The molecule has 0 spiro atoms. The molecule has 1 saturated heterocycles. The van der Waals surface area contributed by atoms with Gasteiger partial charge in [-0.25, -0.2) is 0 Å². The molecule has 2 aliphatic rings. The van der Waals surface area contributed by atoms with Crippen molar-refractivity contribution < 1.29 is 23.7 Å². The zero-order chi connectivity index (χ0) is 22.2. The van der Waals surface area contributed by atoms with Crippen LogP contribution >= 0.6 is 0 Å². The molecule has 1 aromatic carbocycles. The monoisotopic (exact) mass is 434 g/mol. The van der Waals surface area contributed by atoms with Gasteiger partial charge in [-0.1, -0.05) is 18.9 Å². The standard InChI is InChI=1S/C24H38N2O5/c1-25(2)17-24(27)31-19-11-13-26(16-19)20-7-5-6-8-21(20)30-14-12-18-9-10-22(28-3)23(15-18)29-4/h9-10,15,19-21H,5-8,11-14,16-17H2,1-4H3/t19?,20?,21-/m0/s1. The van der Waals surface area contributed by atoms with Crippen molar-refractivity contribution in [3.8, 4) is 11.5 Å². The number of carbonyl (C=O) groups is 1. The lowest BCUT2D eigenvalue weighted by Gasteiger charge is -2.37. The van der Waals surface area contributed by atoms with Crippen molar-refractivity contribution in [3.05, 3.63) is 23.8 Å². The van der Waals surface area contributed by atoms with Crippen molar-refractivity contribution in [1.82, 2.24) is 9.80 Å². The Morgan fingerprint density at radius 2 is 1.87 bits per heavy atom. The second-order valence-corrected chi connectivity index (χ2v) is 8.83. The summed E-state index contributed by atoms with van der Waals surface area (Å²) in [4.78, 5) is 16.3. The maximum atomic E-state index is 12.0. The highest BCUT2D eigenvalue weighted by molar-refractivity contribution is 5.71. The van der Waals surface area contributed by atoms with Crippen LogP contribution in [-0.2, 0) is 20.7 Å². The van der Waals surface area contributed by atoms with Crippen LogP contribution in [0.2, 0.25) is 0 Å². The Kier molecular flexibility index (Phi) is 8.99. The van der Waals surface area contributed by atoms with Crippen LogP contribution in [0.1, 0.15) is 37.7 Å². The summed E-state index contributed by atoms with van der Waals surface area (Å²) in [5.41, 5.74) is 1.18. The quantitative estimate of drug-likeness (QED) is 0.525. The molecule has 2 fully saturated rings. The molecule has 1 aromatic rings. The van der Waals surface area contributed by atoms with Crippen LogP contribution in [0.3, 0.4) is 0 Å². The van der Waals surface area contributed by atoms with Gasteiger partial charge in [0, 0.05) is 19.1 Å². The van der Waals surface area contributed by atoms with Gasteiger partial charge in [-0.3, -0.25) is 14.6 Å². The van der Waals surface area contributed by atoms with Crippen molar-refractivity contribution in [2.45, 2.75) is 56.8 Å². The smallest absolute Gasteiger partial charge is 0.320 e. The zero-order valence-corrected chi connectivity index (χ0v) is 19.5. The van der Waals surface area contributed by atoms with Crippen LogP contribution in [0.15, 0.2) is 18.2 Å². The average Bonchev–Trinajstić information content (AvgIpc) is 3.21. The summed E-state index contributed by atoms with van der Waals surface area (Å²) in [6.45, 7) is 2.81. The second kappa shape index (κ2) is 11.7. The van der Waals surface area contributed by atoms with E-state index in [-0.39, 0.29) is 18.2 Å². The van der Waals surface area contributed by atoms with E-state index in [1.165, 1.54) is 18.4 Å². The molecule has 174 valence electrons. The van der Waals surface area contributed by atoms with Gasteiger partial charge in [0.15, 0.2) is 11.5 Å². The van der Waals surface area contributed by atoms with E-state index in [1.54, 1.807) is 14.2 Å². The number of likely N-dealkylation sites (N-methyl/N-ethyl adjacent to an activating group) is 1. The van der Waals surface area contributed by atoms with Gasteiger partial charge in [-0.15, -0.1) is 0 Å². The van der Waals surface area contributed by atoms with Crippen molar-refractivity contribution in [2.75, 3.05) is 54.6 Å². The highest BCUT2D eigenvalue weighted by Gasteiger charge is 2.36. The Balaban J connectivity index is 1.49. The number of rotatable bonds is 10. The van der Waals surface area contributed by atoms with Crippen LogP contribution in [0.4, 0.5) is 0 Å². The Labute approximate surface area is 186 Å². The largest absolute Gasteiger partial charge is 0.493 e. The van der Waals surface area contributed by atoms with Gasteiger partial charge < -0.3 is 18.9 Å². The summed E-state index contributed by atoms with van der Waals surface area (Å²) in [5, 5.41) is 0.